The van der Waals surface area contributed by atoms with Crippen LogP contribution in [0.25, 0.3) is 11.4 Å². The van der Waals surface area contributed by atoms with E-state index in [1.54, 1.807) is 11.7 Å². The molecule has 7 nitrogen and oxygen atoms in total. The molecule has 1 aromatic carbocycles. The number of likely N-dealkylation sites (tertiary alicyclic amines) is 1. The van der Waals surface area contributed by atoms with Crippen LogP contribution >= 0.6 is 0 Å². The molecule has 126 valence electrons. The number of anilines is 1. The summed E-state index contributed by atoms with van der Waals surface area (Å²) in [6.07, 6.45) is 6.32. The Labute approximate surface area is 141 Å². The maximum Gasteiger partial charge on any atom is 0.322 e. The van der Waals surface area contributed by atoms with Crippen molar-refractivity contribution < 1.29 is 4.79 Å². The van der Waals surface area contributed by atoms with Crippen molar-refractivity contribution in [3.63, 3.8) is 0 Å². The minimum absolute atomic E-state index is 0.0197. The number of hydrogen-bond acceptors (Lipinski definition) is 4. The first-order chi connectivity index (χ1) is 11.7. The number of hydrogen-bond donors (Lipinski definition) is 1. The Balaban J connectivity index is 1.40. The first kappa shape index (κ1) is 15.1. The van der Waals surface area contributed by atoms with Gasteiger partial charge in [-0.25, -0.2) is 9.48 Å². The van der Waals surface area contributed by atoms with Gasteiger partial charge in [0.25, 0.3) is 0 Å². The normalized spacial score (nSPS) is 20.9. The zero-order chi connectivity index (χ0) is 16.5. The SMILES string of the molecule is Cn1nnnc1-c1ccc(NC(=O)N2CC[C@H]2C2CCCC2)cc1. The molecule has 24 heavy (non-hydrogen) atoms. The van der Waals surface area contributed by atoms with Crippen molar-refractivity contribution in [2.45, 2.75) is 38.1 Å². The lowest BCUT2D eigenvalue weighted by atomic mass is 9.88. The molecule has 2 fully saturated rings. The highest BCUT2D eigenvalue weighted by molar-refractivity contribution is 5.90. The lowest BCUT2D eigenvalue weighted by Gasteiger charge is -2.44. The summed E-state index contributed by atoms with van der Waals surface area (Å²) >= 11 is 0. The van der Waals surface area contributed by atoms with Gasteiger partial charge in [0.1, 0.15) is 0 Å². The topological polar surface area (TPSA) is 75.9 Å². The Hall–Kier alpha value is -2.44. The van der Waals surface area contributed by atoms with E-state index < -0.39 is 0 Å². The number of tetrazole rings is 1. The second-order valence-electron chi connectivity index (χ2n) is 6.73. The van der Waals surface area contributed by atoms with Crippen LogP contribution in [0.15, 0.2) is 24.3 Å². The third kappa shape index (κ3) is 2.74. The largest absolute Gasteiger partial charge is 0.322 e. The predicted molar refractivity (Wildman–Crippen MR) is 90.3 cm³/mol. The maximum atomic E-state index is 12.5. The van der Waals surface area contributed by atoms with Gasteiger partial charge in [-0.3, -0.25) is 0 Å². The van der Waals surface area contributed by atoms with Crippen LogP contribution < -0.4 is 5.32 Å². The summed E-state index contributed by atoms with van der Waals surface area (Å²) in [6.45, 7) is 0.871. The molecule has 0 spiro atoms. The van der Waals surface area contributed by atoms with Gasteiger partial charge in [-0.15, -0.1) is 5.10 Å². The van der Waals surface area contributed by atoms with Gasteiger partial charge >= 0.3 is 6.03 Å². The molecule has 1 saturated carbocycles. The summed E-state index contributed by atoms with van der Waals surface area (Å²) in [5.74, 6) is 1.41. The molecule has 2 aliphatic rings. The van der Waals surface area contributed by atoms with E-state index in [4.69, 9.17) is 0 Å². The fourth-order valence-corrected chi connectivity index (χ4v) is 3.86. The van der Waals surface area contributed by atoms with Gasteiger partial charge in [0, 0.05) is 30.9 Å². The number of urea groups is 1. The number of rotatable bonds is 3. The van der Waals surface area contributed by atoms with E-state index in [0.29, 0.717) is 17.8 Å². The lowest BCUT2D eigenvalue weighted by molar-refractivity contribution is 0.0854. The van der Waals surface area contributed by atoms with Gasteiger partial charge in [-0.05, 0) is 59.9 Å². The third-order valence-corrected chi connectivity index (χ3v) is 5.29. The lowest BCUT2D eigenvalue weighted by Crippen LogP contribution is -2.55. The standard InChI is InChI=1S/C17H22N6O/c1-22-16(19-20-21-22)13-6-8-14(9-7-13)18-17(24)23-11-10-15(23)12-4-2-3-5-12/h6-9,12,15H,2-5,10-11H2,1H3,(H,18,24)/t15-/m0/s1. The average molecular weight is 326 g/mol. The molecule has 0 unspecified atom stereocenters. The van der Waals surface area contributed by atoms with Crippen LogP contribution in [-0.2, 0) is 7.05 Å². The summed E-state index contributed by atoms with van der Waals surface area (Å²) in [5.41, 5.74) is 1.73. The van der Waals surface area contributed by atoms with E-state index in [1.807, 2.05) is 29.2 Å². The van der Waals surface area contributed by atoms with Crippen LogP contribution in [-0.4, -0.2) is 43.7 Å². The second kappa shape index (κ2) is 6.22. The number of nitrogens with zero attached hydrogens (tertiary/aromatic N) is 5. The van der Waals surface area contributed by atoms with Crippen molar-refractivity contribution in [1.82, 2.24) is 25.1 Å². The Morgan fingerprint density at radius 2 is 1.92 bits per heavy atom. The molecule has 1 saturated heterocycles. The van der Waals surface area contributed by atoms with Gasteiger partial charge in [0.15, 0.2) is 5.82 Å². The van der Waals surface area contributed by atoms with Crippen LogP contribution in [0.4, 0.5) is 10.5 Å². The number of amides is 2. The quantitative estimate of drug-likeness (QED) is 0.941. The van der Waals surface area contributed by atoms with Crippen LogP contribution in [0.3, 0.4) is 0 Å². The van der Waals surface area contributed by atoms with Gasteiger partial charge in [0.2, 0.25) is 0 Å². The average Bonchev–Trinajstić information content (AvgIpc) is 3.19. The Morgan fingerprint density at radius 1 is 1.17 bits per heavy atom. The second-order valence-corrected chi connectivity index (χ2v) is 6.73. The van der Waals surface area contributed by atoms with Crippen LogP contribution in [0.5, 0.6) is 0 Å². The highest BCUT2D eigenvalue weighted by Gasteiger charge is 2.38. The number of aryl methyl sites for hydroxylation is 1. The van der Waals surface area contributed by atoms with Crippen molar-refractivity contribution in [2.24, 2.45) is 13.0 Å². The molecule has 1 atom stereocenters. The molecule has 1 N–H and O–H groups in total. The molecule has 0 radical (unpaired) electrons. The first-order valence-electron chi connectivity index (χ1n) is 8.63. The number of benzene rings is 1. The Bertz CT molecular complexity index is 719. The zero-order valence-corrected chi connectivity index (χ0v) is 13.9. The van der Waals surface area contributed by atoms with Gasteiger partial charge in [0.05, 0.1) is 0 Å². The molecule has 1 aromatic heterocycles. The monoisotopic (exact) mass is 326 g/mol. The van der Waals surface area contributed by atoms with E-state index in [1.165, 1.54) is 25.7 Å². The fourth-order valence-electron chi connectivity index (χ4n) is 3.86. The van der Waals surface area contributed by atoms with Crippen molar-refractivity contribution in [1.29, 1.82) is 0 Å². The van der Waals surface area contributed by atoms with E-state index >= 15 is 0 Å². The Kier molecular flexibility index (Phi) is 3.92. The predicted octanol–water partition coefficient (Wildman–Crippen LogP) is 2.67. The Morgan fingerprint density at radius 3 is 2.50 bits per heavy atom. The molecule has 4 rings (SSSR count). The van der Waals surface area contributed by atoms with Gasteiger partial charge < -0.3 is 10.2 Å². The number of carbonyl (C=O) groups is 1. The minimum atomic E-state index is 0.0197. The number of nitrogens with one attached hydrogen (secondary N) is 1. The molecule has 1 aliphatic heterocycles. The molecular formula is C17H22N6O. The minimum Gasteiger partial charge on any atom is -0.321 e. The zero-order valence-electron chi connectivity index (χ0n) is 13.9. The summed E-state index contributed by atoms with van der Waals surface area (Å²) in [7, 11) is 1.80. The van der Waals surface area contributed by atoms with Crippen LogP contribution in [0.1, 0.15) is 32.1 Å². The molecule has 2 aromatic rings. The third-order valence-electron chi connectivity index (χ3n) is 5.29. The summed E-state index contributed by atoms with van der Waals surface area (Å²) in [6, 6.07) is 8.10. The summed E-state index contributed by atoms with van der Waals surface area (Å²) in [5, 5.41) is 14.5. The summed E-state index contributed by atoms with van der Waals surface area (Å²) in [4.78, 5) is 14.5. The van der Waals surface area contributed by atoms with Crippen molar-refractivity contribution in [3.05, 3.63) is 24.3 Å². The fraction of sp³-hybridized carbons (Fsp3) is 0.529. The molecule has 7 heteroatoms. The van der Waals surface area contributed by atoms with E-state index in [-0.39, 0.29) is 6.03 Å². The molecule has 1 aliphatic carbocycles. The van der Waals surface area contributed by atoms with E-state index in [2.05, 4.69) is 20.8 Å². The van der Waals surface area contributed by atoms with Crippen molar-refractivity contribution >= 4 is 11.7 Å². The van der Waals surface area contributed by atoms with Crippen molar-refractivity contribution in [2.75, 3.05) is 11.9 Å². The van der Waals surface area contributed by atoms with E-state index in [0.717, 1.165) is 24.2 Å². The molecule has 2 amide bonds. The smallest absolute Gasteiger partial charge is 0.321 e. The molecule has 2 heterocycles. The maximum absolute atomic E-state index is 12.5. The number of carbonyl (C=O) groups excluding carboxylic acids is 1. The summed E-state index contributed by atoms with van der Waals surface area (Å²) < 4.78 is 1.62. The highest BCUT2D eigenvalue weighted by Crippen LogP contribution is 2.36. The highest BCUT2D eigenvalue weighted by atomic mass is 16.2. The molecule has 0 bridgehead atoms. The number of aromatic nitrogens is 4. The van der Waals surface area contributed by atoms with Gasteiger partial charge in [-0.1, -0.05) is 12.8 Å². The van der Waals surface area contributed by atoms with Crippen LogP contribution in [0.2, 0.25) is 0 Å². The van der Waals surface area contributed by atoms with Crippen LogP contribution in [0, 0.1) is 5.92 Å². The van der Waals surface area contributed by atoms with E-state index in [9.17, 15) is 4.79 Å². The van der Waals surface area contributed by atoms with Gasteiger partial charge in [-0.2, -0.15) is 0 Å². The molecular weight excluding hydrogens is 304 g/mol. The first-order valence-corrected chi connectivity index (χ1v) is 8.63. The van der Waals surface area contributed by atoms with Crippen molar-refractivity contribution in [3.8, 4) is 11.4 Å².